The van der Waals surface area contributed by atoms with Crippen molar-refractivity contribution in [3.05, 3.63) is 24.3 Å². The molecule has 1 aromatic rings. The van der Waals surface area contributed by atoms with Gasteiger partial charge in [0.1, 0.15) is 5.75 Å². The van der Waals surface area contributed by atoms with Crippen LogP contribution in [0.25, 0.3) is 0 Å². The van der Waals surface area contributed by atoms with Crippen molar-refractivity contribution in [2.45, 2.75) is 38.3 Å². The Bertz CT molecular complexity index is 474. The zero-order valence-corrected chi connectivity index (χ0v) is 11.3. The van der Waals surface area contributed by atoms with Gasteiger partial charge >= 0.3 is 6.61 Å². The zero-order valence-electron chi connectivity index (χ0n) is 11.3. The van der Waals surface area contributed by atoms with Gasteiger partial charge in [0.25, 0.3) is 0 Å². The first-order valence-electron chi connectivity index (χ1n) is 6.61. The SMILES string of the molecule is CC1(C(=O)Nc2cccc(OC(F)F)c2)CCCCN1. The Balaban J connectivity index is 2.03. The minimum Gasteiger partial charge on any atom is -0.435 e. The number of amides is 1. The van der Waals surface area contributed by atoms with E-state index in [9.17, 15) is 13.6 Å². The molecule has 1 saturated heterocycles. The van der Waals surface area contributed by atoms with Crippen molar-refractivity contribution in [1.82, 2.24) is 5.32 Å². The fraction of sp³-hybridized carbons (Fsp3) is 0.500. The topological polar surface area (TPSA) is 50.4 Å². The zero-order chi connectivity index (χ0) is 14.6. The van der Waals surface area contributed by atoms with Gasteiger partial charge in [-0.2, -0.15) is 8.78 Å². The van der Waals surface area contributed by atoms with Gasteiger partial charge in [0.05, 0.1) is 5.54 Å². The maximum atomic E-state index is 12.3. The first kappa shape index (κ1) is 14.7. The van der Waals surface area contributed by atoms with Crippen LogP contribution in [0.15, 0.2) is 24.3 Å². The summed E-state index contributed by atoms with van der Waals surface area (Å²) in [5.41, 5.74) is -0.167. The Morgan fingerprint density at radius 3 is 2.90 bits per heavy atom. The van der Waals surface area contributed by atoms with Crippen molar-refractivity contribution >= 4 is 11.6 Å². The van der Waals surface area contributed by atoms with Crippen molar-refractivity contribution in [1.29, 1.82) is 0 Å². The summed E-state index contributed by atoms with van der Waals surface area (Å²) in [5.74, 6) is -0.133. The van der Waals surface area contributed by atoms with Gasteiger partial charge in [0, 0.05) is 11.8 Å². The molecule has 4 nitrogen and oxygen atoms in total. The van der Waals surface area contributed by atoms with Crippen molar-refractivity contribution in [2.24, 2.45) is 0 Å². The lowest BCUT2D eigenvalue weighted by molar-refractivity contribution is -0.122. The van der Waals surface area contributed by atoms with Crippen LogP contribution in [0, 0.1) is 0 Å². The lowest BCUT2D eigenvalue weighted by Gasteiger charge is -2.33. The molecule has 2 N–H and O–H groups in total. The molecular formula is C14H18F2N2O2. The number of hydrogen-bond donors (Lipinski definition) is 2. The Hall–Kier alpha value is -1.69. The summed E-state index contributed by atoms with van der Waals surface area (Å²) in [4.78, 5) is 12.3. The van der Waals surface area contributed by atoms with Gasteiger partial charge in [0.15, 0.2) is 0 Å². The largest absolute Gasteiger partial charge is 0.435 e. The van der Waals surface area contributed by atoms with Crippen molar-refractivity contribution in [2.75, 3.05) is 11.9 Å². The molecule has 0 spiro atoms. The highest BCUT2D eigenvalue weighted by Gasteiger charge is 2.34. The van der Waals surface area contributed by atoms with Gasteiger partial charge in [-0.1, -0.05) is 6.07 Å². The van der Waals surface area contributed by atoms with Gasteiger partial charge in [0.2, 0.25) is 5.91 Å². The van der Waals surface area contributed by atoms with Gasteiger partial charge < -0.3 is 15.4 Å². The Kier molecular flexibility index (Phi) is 4.54. The summed E-state index contributed by atoms with van der Waals surface area (Å²) in [6.07, 6.45) is 2.80. The Labute approximate surface area is 116 Å². The molecule has 1 aliphatic heterocycles. The first-order valence-corrected chi connectivity index (χ1v) is 6.61. The minimum absolute atomic E-state index is 0.0274. The van der Waals surface area contributed by atoms with E-state index in [2.05, 4.69) is 15.4 Å². The lowest BCUT2D eigenvalue weighted by Crippen LogP contribution is -2.54. The second-order valence-electron chi connectivity index (χ2n) is 5.08. The number of alkyl halides is 2. The Morgan fingerprint density at radius 2 is 2.25 bits per heavy atom. The summed E-state index contributed by atoms with van der Waals surface area (Å²) in [6.45, 7) is -0.224. The number of nitrogens with one attached hydrogen (secondary N) is 2. The fourth-order valence-corrected chi connectivity index (χ4v) is 2.27. The van der Waals surface area contributed by atoms with Gasteiger partial charge in [-0.15, -0.1) is 0 Å². The van der Waals surface area contributed by atoms with E-state index in [1.54, 1.807) is 12.1 Å². The van der Waals surface area contributed by atoms with E-state index in [4.69, 9.17) is 0 Å². The molecule has 110 valence electrons. The maximum Gasteiger partial charge on any atom is 0.387 e. The van der Waals surface area contributed by atoms with Crippen molar-refractivity contribution in [3.8, 4) is 5.75 Å². The molecule has 1 aromatic carbocycles. The third-order valence-electron chi connectivity index (χ3n) is 3.44. The van der Waals surface area contributed by atoms with Crippen LogP contribution in [0.2, 0.25) is 0 Å². The number of piperidine rings is 1. The molecule has 0 saturated carbocycles. The summed E-state index contributed by atoms with van der Waals surface area (Å²) < 4.78 is 28.6. The van der Waals surface area contributed by atoms with E-state index in [0.717, 1.165) is 25.8 Å². The molecule has 0 radical (unpaired) electrons. The molecule has 1 unspecified atom stereocenters. The van der Waals surface area contributed by atoms with Crippen LogP contribution < -0.4 is 15.4 Å². The fourth-order valence-electron chi connectivity index (χ4n) is 2.27. The van der Waals surface area contributed by atoms with E-state index >= 15 is 0 Å². The maximum absolute atomic E-state index is 12.3. The minimum atomic E-state index is -2.88. The summed E-state index contributed by atoms with van der Waals surface area (Å²) in [6, 6.07) is 6.00. The van der Waals surface area contributed by atoms with Gasteiger partial charge in [-0.25, -0.2) is 0 Å². The second-order valence-corrected chi connectivity index (χ2v) is 5.08. The van der Waals surface area contributed by atoms with E-state index < -0.39 is 12.2 Å². The predicted octanol–water partition coefficient (Wildman–Crippen LogP) is 2.76. The third-order valence-corrected chi connectivity index (χ3v) is 3.44. The van der Waals surface area contributed by atoms with Crippen molar-refractivity contribution in [3.63, 3.8) is 0 Å². The molecule has 0 aliphatic carbocycles. The van der Waals surface area contributed by atoms with Crippen LogP contribution in [0.4, 0.5) is 14.5 Å². The number of anilines is 1. The average molecular weight is 284 g/mol. The number of hydrogen-bond acceptors (Lipinski definition) is 3. The monoisotopic (exact) mass is 284 g/mol. The van der Waals surface area contributed by atoms with Gasteiger partial charge in [-0.3, -0.25) is 4.79 Å². The summed E-state index contributed by atoms with van der Waals surface area (Å²) >= 11 is 0. The van der Waals surface area contributed by atoms with Crippen LogP contribution in [0.1, 0.15) is 26.2 Å². The highest BCUT2D eigenvalue weighted by atomic mass is 19.3. The summed E-state index contributed by atoms with van der Waals surface area (Å²) in [5, 5.41) is 5.94. The van der Waals surface area contributed by atoms with Crippen LogP contribution in [-0.2, 0) is 4.79 Å². The molecule has 2 rings (SSSR count). The normalized spacial score (nSPS) is 22.6. The molecular weight excluding hydrogens is 266 g/mol. The van der Waals surface area contributed by atoms with Gasteiger partial charge in [-0.05, 0) is 44.9 Å². The van der Waals surface area contributed by atoms with E-state index in [-0.39, 0.29) is 11.7 Å². The number of benzene rings is 1. The predicted molar refractivity (Wildman–Crippen MR) is 72.0 cm³/mol. The van der Waals surface area contributed by atoms with Crippen LogP contribution >= 0.6 is 0 Å². The van der Waals surface area contributed by atoms with E-state index in [1.165, 1.54) is 12.1 Å². The molecule has 1 atom stereocenters. The molecule has 1 heterocycles. The summed E-state index contributed by atoms with van der Waals surface area (Å²) in [7, 11) is 0. The van der Waals surface area contributed by atoms with Crippen molar-refractivity contribution < 1.29 is 18.3 Å². The smallest absolute Gasteiger partial charge is 0.387 e. The third kappa shape index (κ3) is 3.66. The average Bonchev–Trinajstić information content (AvgIpc) is 2.39. The van der Waals surface area contributed by atoms with Crippen LogP contribution in [0.5, 0.6) is 5.75 Å². The number of rotatable bonds is 4. The highest BCUT2D eigenvalue weighted by molar-refractivity contribution is 5.98. The molecule has 0 aromatic heterocycles. The molecule has 20 heavy (non-hydrogen) atoms. The lowest BCUT2D eigenvalue weighted by atomic mass is 9.90. The molecule has 0 bridgehead atoms. The quantitative estimate of drug-likeness (QED) is 0.894. The number of carbonyl (C=O) groups is 1. The van der Waals surface area contributed by atoms with E-state index in [1.807, 2.05) is 6.92 Å². The number of halogens is 2. The highest BCUT2D eigenvalue weighted by Crippen LogP contribution is 2.23. The molecule has 6 heteroatoms. The molecule has 1 amide bonds. The second kappa shape index (κ2) is 6.17. The molecule has 1 fully saturated rings. The number of carbonyl (C=O) groups excluding carboxylic acids is 1. The van der Waals surface area contributed by atoms with E-state index in [0.29, 0.717) is 5.69 Å². The number of ether oxygens (including phenoxy) is 1. The Morgan fingerprint density at radius 1 is 1.45 bits per heavy atom. The standard InChI is InChI=1S/C14H18F2N2O2/c1-14(7-2-3-8-17-14)12(19)18-10-5-4-6-11(9-10)20-13(15)16/h4-6,9,13,17H,2-3,7-8H2,1H3,(H,18,19). The van der Waals surface area contributed by atoms with Crippen LogP contribution in [0.3, 0.4) is 0 Å². The molecule has 1 aliphatic rings. The van der Waals surface area contributed by atoms with Crippen LogP contribution in [-0.4, -0.2) is 24.6 Å². The first-order chi connectivity index (χ1) is 9.49.